The van der Waals surface area contributed by atoms with Crippen molar-refractivity contribution in [2.45, 2.75) is 6.61 Å². The van der Waals surface area contributed by atoms with Crippen LogP contribution in [0.3, 0.4) is 0 Å². The summed E-state index contributed by atoms with van der Waals surface area (Å²) < 4.78 is 8.22. The molecule has 1 aromatic carbocycles. The van der Waals surface area contributed by atoms with Gasteiger partial charge in [0.05, 0.1) is 5.69 Å². The van der Waals surface area contributed by atoms with Crippen LogP contribution in [0.4, 0.5) is 0 Å². The molecule has 2 heterocycles. The SMILES string of the molecule is Cn1cnnc1OCc1nnn(-c2cccc(I)c2)n1. The van der Waals surface area contributed by atoms with E-state index < -0.39 is 0 Å². The third kappa shape index (κ3) is 2.76. The first-order valence-electron chi connectivity index (χ1n) is 5.74. The zero-order valence-corrected chi connectivity index (χ0v) is 12.7. The Morgan fingerprint density at radius 1 is 1.30 bits per heavy atom. The van der Waals surface area contributed by atoms with Crippen LogP contribution in [0.2, 0.25) is 0 Å². The average Bonchev–Trinajstić information content (AvgIpc) is 3.05. The summed E-state index contributed by atoms with van der Waals surface area (Å²) in [5, 5.41) is 19.7. The van der Waals surface area contributed by atoms with Crippen LogP contribution in [0.15, 0.2) is 30.6 Å². The smallest absolute Gasteiger partial charge is 0.316 e. The molecule has 0 aliphatic carbocycles. The summed E-state index contributed by atoms with van der Waals surface area (Å²) in [6.45, 7) is 0.191. The molecule has 0 radical (unpaired) electrons. The summed E-state index contributed by atoms with van der Waals surface area (Å²) in [4.78, 5) is 1.47. The number of halogens is 1. The quantitative estimate of drug-likeness (QED) is 0.625. The molecule has 2 aromatic heterocycles. The van der Waals surface area contributed by atoms with Crippen LogP contribution in [-0.2, 0) is 13.7 Å². The summed E-state index contributed by atoms with van der Waals surface area (Å²) >= 11 is 2.23. The minimum Gasteiger partial charge on any atom is -0.455 e. The number of aryl methyl sites for hydroxylation is 1. The molecule has 0 fully saturated rings. The predicted molar refractivity (Wildman–Crippen MR) is 77.2 cm³/mol. The van der Waals surface area contributed by atoms with Crippen molar-refractivity contribution in [3.05, 3.63) is 40.0 Å². The Balaban J connectivity index is 1.72. The van der Waals surface area contributed by atoms with Crippen molar-refractivity contribution in [3.8, 4) is 11.7 Å². The lowest BCUT2D eigenvalue weighted by Crippen LogP contribution is -2.03. The maximum atomic E-state index is 5.45. The van der Waals surface area contributed by atoms with Crippen LogP contribution >= 0.6 is 22.6 Å². The summed E-state index contributed by atoms with van der Waals surface area (Å²) in [6.07, 6.45) is 1.56. The molecule has 0 atom stereocenters. The molecule has 9 heteroatoms. The Hall–Kier alpha value is -2.04. The van der Waals surface area contributed by atoms with Gasteiger partial charge in [0.1, 0.15) is 6.33 Å². The molecule has 0 N–H and O–H groups in total. The largest absolute Gasteiger partial charge is 0.455 e. The third-order valence-electron chi connectivity index (χ3n) is 2.49. The fourth-order valence-corrected chi connectivity index (χ4v) is 2.07. The minimum absolute atomic E-state index is 0.191. The highest BCUT2D eigenvalue weighted by Gasteiger charge is 2.08. The summed E-state index contributed by atoms with van der Waals surface area (Å²) in [7, 11) is 1.80. The number of ether oxygens (including phenoxy) is 1. The number of benzene rings is 1. The Morgan fingerprint density at radius 2 is 2.20 bits per heavy atom. The minimum atomic E-state index is 0.191. The van der Waals surface area contributed by atoms with Crippen molar-refractivity contribution in [1.82, 2.24) is 35.0 Å². The van der Waals surface area contributed by atoms with Gasteiger partial charge in [-0.05, 0) is 46.0 Å². The zero-order valence-electron chi connectivity index (χ0n) is 10.5. The Bertz CT molecular complexity index is 723. The molecule has 3 aromatic rings. The number of nitrogens with zero attached hydrogens (tertiary/aromatic N) is 7. The summed E-state index contributed by atoms with van der Waals surface area (Å²) in [5.41, 5.74) is 0.856. The molecule has 8 nitrogen and oxygen atoms in total. The van der Waals surface area contributed by atoms with Gasteiger partial charge < -0.3 is 4.74 Å². The number of rotatable bonds is 4. The van der Waals surface area contributed by atoms with E-state index >= 15 is 0 Å². The number of aromatic nitrogens is 7. The highest BCUT2D eigenvalue weighted by molar-refractivity contribution is 14.1. The Labute approximate surface area is 127 Å². The first kappa shape index (κ1) is 13.0. The van der Waals surface area contributed by atoms with E-state index in [4.69, 9.17) is 4.74 Å². The monoisotopic (exact) mass is 383 g/mol. The number of hydrogen-bond acceptors (Lipinski definition) is 6. The Morgan fingerprint density at radius 3 is 2.95 bits per heavy atom. The van der Waals surface area contributed by atoms with Crippen molar-refractivity contribution in [2.24, 2.45) is 7.05 Å². The molecular formula is C11H10IN7O. The molecule has 3 rings (SSSR count). The fourth-order valence-electron chi connectivity index (χ4n) is 1.54. The summed E-state index contributed by atoms with van der Waals surface area (Å²) in [5.74, 6) is 0.479. The molecule has 102 valence electrons. The number of tetrazole rings is 1. The molecule has 0 spiro atoms. The van der Waals surface area contributed by atoms with Crippen LogP contribution in [0.5, 0.6) is 6.01 Å². The lowest BCUT2D eigenvalue weighted by Gasteiger charge is -2.00. The lowest BCUT2D eigenvalue weighted by molar-refractivity contribution is 0.261. The van der Waals surface area contributed by atoms with Crippen molar-refractivity contribution < 1.29 is 4.74 Å². The lowest BCUT2D eigenvalue weighted by atomic mass is 10.3. The van der Waals surface area contributed by atoms with E-state index in [1.807, 2.05) is 24.3 Å². The van der Waals surface area contributed by atoms with Gasteiger partial charge in [-0.3, -0.25) is 4.57 Å². The van der Waals surface area contributed by atoms with E-state index in [1.54, 1.807) is 17.9 Å². The first-order chi connectivity index (χ1) is 9.72. The standard InChI is InChI=1S/C11H10IN7O/c1-18-7-13-15-11(18)20-6-10-14-17-19(16-10)9-4-2-3-8(12)5-9/h2-5,7H,6H2,1H3. The maximum Gasteiger partial charge on any atom is 0.316 e. The second kappa shape index (κ2) is 5.53. The van der Waals surface area contributed by atoms with E-state index in [1.165, 1.54) is 4.80 Å². The first-order valence-corrected chi connectivity index (χ1v) is 6.82. The molecule has 0 saturated carbocycles. The fraction of sp³-hybridized carbons (Fsp3) is 0.182. The van der Waals surface area contributed by atoms with Gasteiger partial charge >= 0.3 is 6.01 Å². The number of hydrogen-bond donors (Lipinski definition) is 0. The topological polar surface area (TPSA) is 83.5 Å². The molecule has 0 bridgehead atoms. The highest BCUT2D eigenvalue weighted by Crippen LogP contribution is 2.10. The molecular weight excluding hydrogens is 373 g/mol. The Kier molecular flexibility index (Phi) is 3.58. The second-order valence-electron chi connectivity index (χ2n) is 3.99. The molecule has 0 aliphatic rings. The second-order valence-corrected chi connectivity index (χ2v) is 5.23. The molecule has 0 unspecified atom stereocenters. The molecule has 0 saturated heterocycles. The normalized spacial score (nSPS) is 10.7. The van der Waals surface area contributed by atoms with Gasteiger partial charge in [0.2, 0.25) is 5.82 Å². The van der Waals surface area contributed by atoms with Gasteiger partial charge in [-0.2, -0.15) is 0 Å². The highest BCUT2D eigenvalue weighted by atomic mass is 127. The third-order valence-corrected chi connectivity index (χ3v) is 3.17. The van der Waals surface area contributed by atoms with Gasteiger partial charge in [-0.1, -0.05) is 11.2 Å². The van der Waals surface area contributed by atoms with Gasteiger partial charge in [-0.25, -0.2) is 0 Å². The van der Waals surface area contributed by atoms with E-state index in [0.717, 1.165) is 9.26 Å². The van der Waals surface area contributed by atoms with E-state index in [2.05, 4.69) is 48.2 Å². The van der Waals surface area contributed by atoms with Crippen LogP contribution in [0.1, 0.15) is 5.82 Å². The van der Waals surface area contributed by atoms with Crippen molar-refractivity contribution in [3.63, 3.8) is 0 Å². The van der Waals surface area contributed by atoms with Crippen molar-refractivity contribution in [1.29, 1.82) is 0 Å². The summed E-state index contributed by atoms with van der Waals surface area (Å²) in [6, 6.07) is 8.23. The van der Waals surface area contributed by atoms with Gasteiger partial charge in [-0.15, -0.1) is 20.1 Å². The van der Waals surface area contributed by atoms with E-state index in [9.17, 15) is 0 Å². The maximum absolute atomic E-state index is 5.45. The van der Waals surface area contributed by atoms with Crippen molar-refractivity contribution in [2.75, 3.05) is 0 Å². The van der Waals surface area contributed by atoms with Crippen LogP contribution in [0.25, 0.3) is 5.69 Å². The predicted octanol–water partition coefficient (Wildman–Crippen LogP) is 0.974. The molecule has 20 heavy (non-hydrogen) atoms. The zero-order chi connectivity index (χ0) is 13.9. The average molecular weight is 383 g/mol. The van der Waals surface area contributed by atoms with E-state index in [0.29, 0.717) is 11.8 Å². The van der Waals surface area contributed by atoms with Gasteiger partial charge in [0.15, 0.2) is 6.61 Å². The van der Waals surface area contributed by atoms with E-state index in [-0.39, 0.29) is 6.61 Å². The van der Waals surface area contributed by atoms with Crippen LogP contribution in [0, 0.1) is 3.57 Å². The molecule has 0 amide bonds. The van der Waals surface area contributed by atoms with Crippen LogP contribution < -0.4 is 4.74 Å². The van der Waals surface area contributed by atoms with Gasteiger partial charge in [0, 0.05) is 10.6 Å². The van der Waals surface area contributed by atoms with Crippen LogP contribution in [-0.4, -0.2) is 35.0 Å². The molecule has 0 aliphatic heterocycles. The van der Waals surface area contributed by atoms with Gasteiger partial charge in [0.25, 0.3) is 0 Å². The van der Waals surface area contributed by atoms with Crippen molar-refractivity contribution >= 4 is 22.6 Å².